The van der Waals surface area contributed by atoms with Crippen molar-refractivity contribution in [1.82, 2.24) is 9.78 Å². The van der Waals surface area contributed by atoms with E-state index in [0.29, 0.717) is 11.4 Å². The zero-order chi connectivity index (χ0) is 25.9. The molecule has 0 saturated carbocycles. The first-order valence-electron chi connectivity index (χ1n) is 12.9. The Balaban J connectivity index is 1.47. The number of aryl methyl sites for hydroxylation is 3. The number of nitrogens with one attached hydrogen (secondary N) is 1. The van der Waals surface area contributed by atoms with Crippen LogP contribution in [0.15, 0.2) is 60.7 Å². The van der Waals surface area contributed by atoms with Crippen LogP contribution < -0.4 is 16.0 Å². The minimum Gasteiger partial charge on any atom is -0.399 e. The largest absolute Gasteiger partial charge is 0.399 e. The van der Waals surface area contributed by atoms with Gasteiger partial charge in [-0.3, -0.25) is 4.79 Å². The van der Waals surface area contributed by atoms with Crippen LogP contribution in [0.4, 0.5) is 17.2 Å². The smallest absolute Gasteiger partial charge is 0.256 e. The molecular weight excluding hydrogens is 446 g/mol. The Morgan fingerprint density at radius 1 is 1.06 bits per heavy atom. The fraction of sp³-hybridized carbons (Fsp3) is 0.400. The van der Waals surface area contributed by atoms with Gasteiger partial charge in [-0.05, 0) is 107 Å². The van der Waals surface area contributed by atoms with E-state index in [2.05, 4.69) is 50.6 Å². The van der Waals surface area contributed by atoms with E-state index < -0.39 is 0 Å². The van der Waals surface area contributed by atoms with Crippen molar-refractivity contribution < 1.29 is 4.79 Å². The van der Waals surface area contributed by atoms with Crippen molar-refractivity contribution in [3.8, 4) is 0 Å². The molecule has 1 aliphatic rings. The molecule has 0 atom stereocenters. The second kappa shape index (κ2) is 10.6. The second-order valence-corrected chi connectivity index (χ2v) is 10.9. The quantitative estimate of drug-likeness (QED) is 0.326. The van der Waals surface area contributed by atoms with E-state index in [1.54, 1.807) is 0 Å². The number of amides is 1. The number of carbonyl (C=O) groups is 1. The lowest BCUT2D eigenvalue weighted by molar-refractivity contribution is 0.102. The standard InChI is InChI=1S/C30H39N5O/c1-21-7-6-17-34(18-16-21)27-14-10-23(11-15-27)29(36)32-28-20-26(33-35(28)30(3,4)5)13-9-24-19-25(31)12-8-22(24)2/h8,10-12,14-15,19-20H,1,6-7,9,13,16-18,31H2,2-5H3,(H,32,36). The van der Waals surface area contributed by atoms with E-state index in [0.717, 1.165) is 62.3 Å². The van der Waals surface area contributed by atoms with Gasteiger partial charge in [0, 0.05) is 36.1 Å². The number of benzene rings is 2. The Bertz CT molecular complexity index is 1230. The highest BCUT2D eigenvalue weighted by Crippen LogP contribution is 2.25. The lowest BCUT2D eigenvalue weighted by Gasteiger charge is -2.23. The SMILES string of the molecule is C=C1CCCN(c2ccc(C(=O)Nc3cc(CCc4cc(N)ccc4C)nn3C(C)(C)C)cc2)CC1. The monoisotopic (exact) mass is 485 g/mol. The maximum absolute atomic E-state index is 13.2. The predicted molar refractivity (Wildman–Crippen MR) is 150 cm³/mol. The van der Waals surface area contributed by atoms with Crippen LogP contribution in [-0.2, 0) is 18.4 Å². The van der Waals surface area contributed by atoms with Gasteiger partial charge < -0.3 is 16.0 Å². The Labute approximate surface area is 215 Å². The lowest BCUT2D eigenvalue weighted by Crippen LogP contribution is -2.27. The number of carbonyl (C=O) groups excluding carboxylic acids is 1. The molecule has 2 aromatic carbocycles. The number of anilines is 3. The van der Waals surface area contributed by atoms with Gasteiger partial charge in [-0.15, -0.1) is 0 Å². The summed E-state index contributed by atoms with van der Waals surface area (Å²) < 4.78 is 1.91. The number of nitrogens with zero attached hydrogens (tertiary/aromatic N) is 3. The summed E-state index contributed by atoms with van der Waals surface area (Å²) >= 11 is 0. The van der Waals surface area contributed by atoms with Gasteiger partial charge in [-0.1, -0.05) is 18.2 Å². The van der Waals surface area contributed by atoms with Crippen LogP contribution in [-0.4, -0.2) is 28.8 Å². The van der Waals surface area contributed by atoms with Gasteiger partial charge >= 0.3 is 0 Å². The van der Waals surface area contributed by atoms with Gasteiger partial charge in [0.1, 0.15) is 5.82 Å². The van der Waals surface area contributed by atoms with E-state index in [1.165, 1.54) is 16.7 Å². The fourth-order valence-corrected chi connectivity index (χ4v) is 4.70. The fourth-order valence-electron chi connectivity index (χ4n) is 4.70. The van der Waals surface area contributed by atoms with Crippen molar-refractivity contribution in [3.63, 3.8) is 0 Å². The highest BCUT2D eigenvalue weighted by molar-refractivity contribution is 6.04. The molecule has 6 heteroatoms. The van der Waals surface area contributed by atoms with Crippen LogP contribution in [0.3, 0.4) is 0 Å². The summed E-state index contributed by atoms with van der Waals surface area (Å²) in [7, 11) is 0. The van der Waals surface area contributed by atoms with Crippen molar-refractivity contribution in [2.75, 3.05) is 29.0 Å². The maximum atomic E-state index is 13.2. The van der Waals surface area contributed by atoms with Crippen LogP contribution in [0.2, 0.25) is 0 Å². The molecule has 4 rings (SSSR count). The van der Waals surface area contributed by atoms with E-state index in [9.17, 15) is 4.79 Å². The summed E-state index contributed by atoms with van der Waals surface area (Å²) in [6, 6.07) is 15.9. The van der Waals surface area contributed by atoms with Crippen LogP contribution in [0.1, 0.15) is 67.2 Å². The zero-order valence-electron chi connectivity index (χ0n) is 22.1. The average Bonchev–Trinajstić information content (AvgIpc) is 3.12. The molecule has 0 bridgehead atoms. The average molecular weight is 486 g/mol. The third-order valence-electron chi connectivity index (χ3n) is 6.85. The van der Waals surface area contributed by atoms with Crippen molar-refractivity contribution >= 4 is 23.1 Å². The summed E-state index contributed by atoms with van der Waals surface area (Å²) in [5.74, 6) is 0.580. The van der Waals surface area contributed by atoms with Gasteiger partial charge in [0.05, 0.1) is 11.2 Å². The summed E-state index contributed by atoms with van der Waals surface area (Å²) in [6.45, 7) is 14.5. The molecule has 3 aromatic rings. The van der Waals surface area contributed by atoms with Crippen molar-refractivity contribution in [3.05, 3.63) is 83.1 Å². The highest BCUT2D eigenvalue weighted by atomic mass is 16.1. The van der Waals surface area contributed by atoms with Crippen LogP contribution in [0.25, 0.3) is 0 Å². The summed E-state index contributed by atoms with van der Waals surface area (Å²) in [5, 5.41) is 7.95. The van der Waals surface area contributed by atoms with Crippen LogP contribution in [0.5, 0.6) is 0 Å². The number of rotatable bonds is 6. The van der Waals surface area contributed by atoms with Crippen molar-refractivity contribution in [2.45, 2.75) is 65.3 Å². The molecule has 6 nitrogen and oxygen atoms in total. The molecule has 1 amide bonds. The van der Waals surface area contributed by atoms with Crippen molar-refractivity contribution in [2.24, 2.45) is 0 Å². The van der Waals surface area contributed by atoms with Crippen LogP contribution >= 0.6 is 0 Å². The molecule has 3 N–H and O–H groups in total. The van der Waals surface area contributed by atoms with Gasteiger partial charge in [0.2, 0.25) is 0 Å². The molecular formula is C30H39N5O. The normalized spacial score (nSPS) is 14.6. The van der Waals surface area contributed by atoms with E-state index in [1.807, 2.05) is 47.1 Å². The van der Waals surface area contributed by atoms with E-state index in [-0.39, 0.29) is 11.4 Å². The van der Waals surface area contributed by atoms with Crippen molar-refractivity contribution in [1.29, 1.82) is 0 Å². The number of hydrogen-bond acceptors (Lipinski definition) is 4. The third-order valence-corrected chi connectivity index (χ3v) is 6.85. The first-order chi connectivity index (χ1) is 17.1. The number of hydrogen-bond donors (Lipinski definition) is 2. The molecule has 0 radical (unpaired) electrons. The molecule has 1 fully saturated rings. The number of nitrogen functional groups attached to an aromatic ring is 1. The predicted octanol–water partition coefficient (Wildman–Crippen LogP) is 6.11. The third kappa shape index (κ3) is 6.17. The van der Waals surface area contributed by atoms with Gasteiger partial charge in [-0.25, -0.2) is 4.68 Å². The summed E-state index contributed by atoms with van der Waals surface area (Å²) in [4.78, 5) is 15.5. The minimum absolute atomic E-state index is 0.130. The molecule has 190 valence electrons. The molecule has 0 aliphatic carbocycles. The zero-order valence-corrected chi connectivity index (χ0v) is 22.1. The molecule has 0 spiro atoms. The Hall–Kier alpha value is -3.54. The Morgan fingerprint density at radius 3 is 2.53 bits per heavy atom. The Morgan fingerprint density at radius 2 is 1.81 bits per heavy atom. The minimum atomic E-state index is -0.269. The van der Waals surface area contributed by atoms with Crippen LogP contribution in [0, 0.1) is 6.92 Å². The Kier molecular flexibility index (Phi) is 7.53. The van der Waals surface area contributed by atoms with E-state index in [4.69, 9.17) is 10.8 Å². The van der Waals surface area contributed by atoms with Gasteiger partial charge in [0.25, 0.3) is 5.91 Å². The molecule has 1 aromatic heterocycles. The summed E-state index contributed by atoms with van der Waals surface area (Å²) in [6.07, 6.45) is 4.86. The van der Waals surface area contributed by atoms with E-state index >= 15 is 0 Å². The van der Waals surface area contributed by atoms with Gasteiger partial charge in [-0.2, -0.15) is 5.10 Å². The maximum Gasteiger partial charge on any atom is 0.256 e. The molecule has 1 saturated heterocycles. The molecule has 36 heavy (non-hydrogen) atoms. The highest BCUT2D eigenvalue weighted by Gasteiger charge is 2.22. The first kappa shape index (κ1) is 25.5. The topological polar surface area (TPSA) is 76.2 Å². The summed E-state index contributed by atoms with van der Waals surface area (Å²) in [5.41, 5.74) is 13.0. The molecule has 2 heterocycles. The number of aromatic nitrogens is 2. The molecule has 1 aliphatic heterocycles. The van der Waals surface area contributed by atoms with Gasteiger partial charge in [0.15, 0.2) is 0 Å². The lowest BCUT2D eigenvalue weighted by atomic mass is 10.0. The first-order valence-corrected chi connectivity index (χ1v) is 12.9. The number of nitrogens with two attached hydrogens (primary N) is 1. The second-order valence-electron chi connectivity index (χ2n) is 10.9. The molecule has 0 unspecified atom stereocenters.